The van der Waals surface area contributed by atoms with Crippen LogP contribution in [-0.2, 0) is 0 Å². The second-order valence-corrected chi connectivity index (χ2v) is 4.87. The van der Waals surface area contributed by atoms with Gasteiger partial charge in [0, 0.05) is 29.3 Å². The van der Waals surface area contributed by atoms with Crippen LogP contribution < -0.4 is 0 Å². The van der Waals surface area contributed by atoms with Crippen LogP contribution in [0.4, 0.5) is 18.9 Å². The van der Waals surface area contributed by atoms with Crippen LogP contribution in [0.1, 0.15) is 23.2 Å². The molecule has 2 rings (SSSR count). The first-order chi connectivity index (χ1) is 9.91. The number of likely N-dealkylation sites (tertiary alicyclic amines) is 1. The maximum Gasteiger partial charge on any atom is 0.393 e. The molecule has 112 valence electrons. The fourth-order valence-corrected chi connectivity index (χ4v) is 2.33. The van der Waals surface area contributed by atoms with Crippen molar-refractivity contribution in [3.8, 4) is 0 Å². The molecule has 1 aliphatic heterocycles. The van der Waals surface area contributed by atoms with E-state index in [4.69, 9.17) is 5.53 Å². The van der Waals surface area contributed by atoms with E-state index in [1.165, 1.54) is 29.2 Å². The van der Waals surface area contributed by atoms with Gasteiger partial charge in [-0.15, -0.1) is 0 Å². The van der Waals surface area contributed by atoms with E-state index in [1.807, 2.05) is 0 Å². The molecule has 0 radical (unpaired) electrons. The summed E-state index contributed by atoms with van der Waals surface area (Å²) in [5.74, 6) is -1.89. The van der Waals surface area contributed by atoms with E-state index in [0.29, 0.717) is 18.7 Å². The molecule has 0 bridgehead atoms. The summed E-state index contributed by atoms with van der Waals surface area (Å²) in [5, 5.41) is 3.37. The van der Waals surface area contributed by atoms with E-state index >= 15 is 0 Å². The van der Waals surface area contributed by atoms with Crippen LogP contribution >= 0.6 is 0 Å². The number of benzene rings is 1. The minimum atomic E-state index is -4.27. The normalized spacial score (nSPS) is 19.0. The number of amides is 1. The molecular formula is C13H13F3N4O. The van der Waals surface area contributed by atoms with Crippen molar-refractivity contribution in [2.24, 2.45) is 11.0 Å². The van der Waals surface area contributed by atoms with Crippen LogP contribution in [0, 0.1) is 5.92 Å². The van der Waals surface area contributed by atoms with Crippen molar-refractivity contribution >= 4 is 11.6 Å². The molecule has 0 saturated carbocycles. The topological polar surface area (TPSA) is 69.1 Å². The van der Waals surface area contributed by atoms with E-state index in [1.54, 1.807) is 0 Å². The Bertz CT molecular complexity index is 564. The quantitative estimate of drug-likeness (QED) is 0.461. The molecule has 0 spiro atoms. The Balaban J connectivity index is 2.10. The van der Waals surface area contributed by atoms with Crippen molar-refractivity contribution in [1.29, 1.82) is 0 Å². The summed E-state index contributed by atoms with van der Waals surface area (Å²) >= 11 is 0. The van der Waals surface area contributed by atoms with Gasteiger partial charge in [-0.2, -0.15) is 13.2 Å². The van der Waals surface area contributed by atoms with E-state index in [2.05, 4.69) is 10.0 Å². The molecule has 1 atom stereocenters. The number of halogens is 3. The van der Waals surface area contributed by atoms with E-state index in [9.17, 15) is 18.0 Å². The molecule has 5 nitrogen and oxygen atoms in total. The van der Waals surface area contributed by atoms with Gasteiger partial charge in [0.25, 0.3) is 5.91 Å². The second kappa shape index (κ2) is 6.05. The molecule has 8 heteroatoms. The summed E-state index contributed by atoms with van der Waals surface area (Å²) < 4.78 is 38.2. The van der Waals surface area contributed by atoms with Crippen LogP contribution in [0.2, 0.25) is 0 Å². The fraction of sp³-hybridized carbons (Fsp3) is 0.462. The van der Waals surface area contributed by atoms with Crippen molar-refractivity contribution in [2.45, 2.75) is 19.0 Å². The van der Waals surface area contributed by atoms with Crippen molar-refractivity contribution in [3.05, 3.63) is 40.3 Å². The van der Waals surface area contributed by atoms with Crippen LogP contribution in [0.3, 0.4) is 0 Å². The number of carbonyl (C=O) groups is 1. The Kier molecular flexibility index (Phi) is 4.37. The zero-order valence-electron chi connectivity index (χ0n) is 11.0. The lowest BCUT2D eigenvalue weighted by atomic mass is 9.97. The van der Waals surface area contributed by atoms with Crippen LogP contribution in [-0.4, -0.2) is 30.1 Å². The van der Waals surface area contributed by atoms with Gasteiger partial charge in [-0.05, 0) is 30.5 Å². The molecular weight excluding hydrogens is 285 g/mol. The number of hydrogen-bond acceptors (Lipinski definition) is 2. The van der Waals surface area contributed by atoms with Gasteiger partial charge in [0.05, 0.1) is 5.92 Å². The SMILES string of the molecule is [N-]=[N+]=Nc1ccc(C(=O)N2CCCC(C(F)(F)F)C2)cc1. The van der Waals surface area contributed by atoms with Gasteiger partial charge in [-0.1, -0.05) is 17.2 Å². The molecule has 1 unspecified atom stereocenters. The number of azide groups is 1. The highest BCUT2D eigenvalue weighted by Crippen LogP contribution is 2.33. The second-order valence-electron chi connectivity index (χ2n) is 4.87. The first-order valence-corrected chi connectivity index (χ1v) is 6.43. The van der Waals surface area contributed by atoms with Gasteiger partial charge >= 0.3 is 6.18 Å². The maximum absolute atomic E-state index is 12.7. The average molecular weight is 298 g/mol. The summed E-state index contributed by atoms with van der Waals surface area (Å²) in [6.07, 6.45) is -3.87. The molecule has 1 aromatic rings. The molecule has 1 fully saturated rings. The number of piperidine rings is 1. The third-order valence-corrected chi connectivity index (χ3v) is 3.45. The lowest BCUT2D eigenvalue weighted by Gasteiger charge is -2.33. The summed E-state index contributed by atoms with van der Waals surface area (Å²) in [7, 11) is 0. The van der Waals surface area contributed by atoms with Gasteiger partial charge in [0.15, 0.2) is 0 Å². The van der Waals surface area contributed by atoms with Gasteiger partial charge < -0.3 is 4.90 Å². The predicted octanol–water partition coefficient (Wildman–Crippen LogP) is 4.04. The van der Waals surface area contributed by atoms with Crippen LogP contribution in [0.15, 0.2) is 29.4 Å². The molecule has 1 aromatic carbocycles. The fourth-order valence-electron chi connectivity index (χ4n) is 2.33. The number of hydrogen-bond donors (Lipinski definition) is 0. The minimum Gasteiger partial charge on any atom is -0.338 e. The van der Waals surface area contributed by atoms with Crippen molar-refractivity contribution in [2.75, 3.05) is 13.1 Å². The van der Waals surface area contributed by atoms with Crippen molar-refractivity contribution in [1.82, 2.24) is 4.90 Å². The van der Waals surface area contributed by atoms with Gasteiger partial charge in [0.2, 0.25) is 0 Å². The minimum absolute atomic E-state index is 0.0586. The van der Waals surface area contributed by atoms with E-state index in [-0.39, 0.29) is 18.5 Å². The standard InChI is InChI=1S/C13H13F3N4O/c14-13(15,16)10-2-1-7-20(8-10)12(21)9-3-5-11(6-4-9)18-19-17/h3-6,10H,1-2,7-8H2. The lowest BCUT2D eigenvalue weighted by molar-refractivity contribution is -0.184. The lowest BCUT2D eigenvalue weighted by Crippen LogP contribution is -2.44. The van der Waals surface area contributed by atoms with Gasteiger partial charge in [-0.3, -0.25) is 4.79 Å². The highest BCUT2D eigenvalue weighted by molar-refractivity contribution is 5.94. The smallest absolute Gasteiger partial charge is 0.338 e. The molecule has 1 saturated heterocycles. The van der Waals surface area contributed by atoms with Crippen molar-refractivity contribution < 1.29 is 18.0 Å². The largest absolute Gasteiger partial charge is 0.393 e. The molecule has 1 heterocycles. The van der Waals surface area contributed by atoms with Crippen LogP contribution in [0.25, 0.3) is 10.4 Å². The Morgan fingerprint density at radius 3 is 2.57 bits per heavy atom. The first kappa shape index (κ1) is 15.2. The number of alkyl halides is 3. The third kappa shape index (κ3) is 3.66. The molecule has 0 aromatic heterocycles. The Hall–Kier alpha value is -2.21. The number of nitrogens with zero attached hydrogens (tertiary/aromatic N) is 4. The molecule has 21 heavy (non-hydrogen) atoms. The van der Waals surface area contributed by atoms with E-state index in [0.717, 1.165) is 0 Å². The highest BCUT2D eigenvalue weighted by Gasteiger charge is 2.42. The first-order valence-electron chi connectivity index (χ1n) is 6.43. The average Bonchev–Trinajstić information content (AvgIpc) is 2.47. The Morgan fingerprint density at radius 1 is 1.33 bits per heavy atom. The summed E-state index contributed by atoms with van der Waals surface area (Å²) in [5.41, 5.74) is 8.92. The zero-order chi connectivity index (χ0) is 15.5. The summed E-state index contributed by atoms with van der Waals surface area (Å²) in [6.45, 7) is 0.0178. The molecule has 1 amide bonds. The van der Waals surface area contributed by atoms with Gasteiger partial charge in [-0.25, -0.2) is 0 Å². The summed E-state index contributed by atoms with van der Waals surface area (Å²) in [6, 6.07) is 5.81. The monoisotopic (exact) mass is 298 g/mol. The zero-order valence-corrected chi connectivity index (χ0v) is 11.0. The number of carbonyl (C=O) groups excluding carboxylic acids is 1. The highest BCUT2D eigenvalue weighted by atomic mass is 19.4. The van der Waals surface area contributed by atoms with E-state index < -0.39 is 18.0 Å². The molecule has 0 aliphatic carbocycles. The third-order valence-electron chi connectivity index (χ3n) is 3.45. The summed E-state index contributed by atoms with van der Waals surface area (Å²) in [4.78, 5) is 16.0. The number of rotatable bonds is 2. The van der Waals surface area contributed by atoms with Gasteiger partial charge in [0.1, 0.15) is 0 Å². The predicted molar refractivity (Wildman–Crippen MR) is 69.9 cm³/mol. The molecule has 0 N–H and O–H groups in total. The Labute approximate surface area is 119 Å². The van der Waals surface area contributed by atoms with Crippen molar-refractivity contribution in [3.63, 3.8) is 0 Å². The Morgan fingerprint density at radius 2 is 2.00 bits per heavy atom. The molecule has 1 aliphatic rings. The van der Waals surface area contributed by atoms with Crippen LogP contribution in [0.5, 0.6) is 0 Å². The maximum atomic E-state index is 12.7.